The van der Waals surface area contributed by atoms with Gasteiger partial charge in [0.2, 0.25) is 0 Å². The van der Waals surface area contributed by atoms with Crippen molar-refractivity contribution in [1.29, 1.82) is 0 Å². The van der Waals surface area contributed by atoms with Crippen LogP contribution in [0.15, 0.2) is 24.3 Å². The van der Waals surface area contributed by atoms with E-state index in [1.807, 2.05) is 18.2 Å². The van der Waals surface area contributed by atoms with Crippen LogP contribution in [0.5, 0.6) is 0 Å². The molecule has 0 aromatic heterocycles. The molecule has 2 heteroatoms. The summed E-state index contributed by atoms with van der Waals surface area (Å²) in [5.74, 6) is 0.621. The molecule has 1 aliphatic rings. The fraction of sp³-hybridized carbons (Fsp3) is 0.538. The van der Waals surface area contributed by atoms with E-state index in [2.05, 4.69) is 13.0 Å². The molecule has 0 spiro atoms. The maximum atomic E-state index is 10.4. The van der Waals surface area contributed by atoms with Gasteiger partial charge < -0.3 is 5.11 Å². The summed E-state index contributed by atoms with van der Waals surface area (Å²) in [7, 11) is 0. The molecule has 1 aromatic carbocycles. The molecule has 1 aliphatic carbocycles. The van der Waals surface area contributed by atoms with Crippen molar-refractivity contribution in [2.75, 3.05) is 5.88 Å². The molecule has 2 atom stereocenters. The van der Waals surface area contributed by atoms with Gasteiger partial charge in [0.05, 0.1) is 6.10 Å². The molecule has 0 amide bonds. The van der Waals surface area contributed by atoms with E-state index in [1.54, 1.807) is 0 Å². The minimum Gasteiger partial charge on any atom is -0.388 e. The van der Waals surface area contributed by atoms with Gasteiger partial charge in [-0.25, -0.2) is 0 Å². The normalized spacial score (nSPS) is 29.9. The third-order valence-electron chi connectivity index (χ3n) is 3.64. The molecule has 82 valence electrons. The first-order valence-electron chi connectivity index (χ1n) is 5.49. The Morgan fingerprint density at radius 3 is 2.93 bits per heavy atom. The number of fused-ring (bicyclic) bond motifs is 1. The van der Waals surface area contributed by atoms with Gasteiger partial charge in [0.15, 0.2) is 0 Å². The Balaban J connectivity index is 2.33. The minimum absolute atomic E-state index is 0.0455. The summed E-state index contributed by atoms with van der Waals surface area (Å²) >= 11 is 5.81. The van der Waals surface area contributed by atoms with Crippen LogP contribution in [0.1, 0.15) is 37.0 Å². The topological polar surface area (TPSA) is 20.2 Å². The molecule has 1 aromatic rings. The van der Waals surface area contributed by atoms with Crippen molar-refractivity contribution in [2.45, 2.75) is 32.3 Å². The van der Waals surface area contributed by atoms with Crippen molar-refractivity contribution < 1.29 is 5.11 Å². The van der Waals surface area contributed by atoms with E-state index >= 15 is 0 Å². The number of hydrogen-bond donors (Lipinski definition) is 1. The number of hydrogen-bond acceptors (Lipinski definition) is 1. The van der Waals surface area contributed by atoms with Crippen molar-refractivity contribution >= 4 is 11.6 Å². The lowest BCUT2D eigenvalue weighted by atomic mass is 9.69. The van der Waals surface area contributed by atoms with Crippen molar-refractivity contribution in [1.82, 2.24) is 0 Å². The third kappa shape index (κ3) is 1.91. The zero-order chi connectivity index (χ0) is 10.9. The van der Waals surface area contributed by atoms with E-state index in [0.29, 0.717) is 5.88 Å². The predicted octanol–water partition coefficient (Wildman–Crippen LogP) is 3.30. The Labute approximate surface area is 96.1 Å². The first-order chi connectivity index (χ1) is 7.17. The Kier molecular flexibility index (Phi) is 3.03. The van der Waals surface area contributed by atoms with Crippen LogP contribution < -0.4 is 0 Å². The number of alkyl halides is 1. The van der Waals surface area contributed by atoms with Crippen LogP contribution in [0, 0.1) is 5.41 Å². The average Bonchev–Trinajstić information content (AvgIpc) is 2.25. The van der Waals surface area contributed by atoms with Gasteiger partial charge in [0.1, 0.15) is 0 Å². The predicted molar refractivity (Wildman–Crippen MR) is 63.2 cm³/mol. The maximum absolute atomic E-state index is 10.4. The molecule has 0 fully saturated rings. The molecule has 0 radical (unpaired) electrons. The number of rotatable bonds is 2. The summed E-state index contributed by atoms with van der Waals surface area (Å²) in [6, 6.07) is 8.18. The molecule has 0 saturated carbocycles. The quantitative estimate of drug-likeness (QED) is 0.765. The average molecular weight is 225 g/mol. The van der Waals surface area contributed by atoms with Gasteiger partial charge in [-0.1, -0.05) is 31.2 Å². The van der Waals surface area contributed by atoms with Gasteiger partial charge in [-0.15, -0.1) is 11.6 Å². The van der Waals surface area contributed by atoms with Crippen LogP contribution in [0.3, 0.4) is 0 Å². The SMILES string of the molecule is C[C@]1(CCCl)CCc2ccccc2[C@@H]1O. The molecule has 0 unspecified atom stereocenters. The highest BCUT2D eigenvalue weighted by molar-refractivity contribution is 6.17. The number of halogens is 1. The second-order valence-electron chi connectivity index (χ2n) is 4.69. The Morgan fingerprint density at radius 2 is 2.20 bits per heavy atom. The maximum Gasteiger partial charge on any atom is 0.0846 e. The van der Waals surface area contributed by atoms with Crippen molar-refractivity contribution in [3.8, 4) is 0 Å². The molecule has 0 heterocycles. The van der Waals surface area contributed by atoms with Crippen LogP contribution in [-0.2, 0) is 6.42 Å². The highest BCUT2D eigenvalue weighted by atomic mass is 35.5. The zero-order valence-corrected chi connectivity index (χ0v) is 9.80. The monoisotopic (exact) mass is 224 g/mol. The molecular formula is C13H17ClO. The summed E-state index contributed by atoms with van der Waals surface area (Å²) in [4.78, 5) is 0. The molecule has 2 rings (SSSR count). The van der Waals surface area contributed by atoms with Crippen LogP contribution in [0.25, 0.3) is 0 Å². The van der Waals surface area contributed by atoms with Gasteiger partial charge >= 0.3 is 0 Å². The van der Waals surface area contributed by atoms with Crippen molar-refractivity contribution in [3.63, 3.8) is 0 Å². The second kappa shape index (κ2) is 4.15. The van der Waals surface area contributed by atoms with Crippen LogP contribution >= 0.6 is 11.6 Å². The summed E-state index contributed by atoms with van der Waals surface area (Å²) < 4.78 is 0. The lowest BCUT2D eigenvalue weighted by molar-refractivity contribution is 0.0180. The van der Waals surface area contributed by atoms with Gasteiger partial charge in [0.25, 0.3) is 0 Å². The lowest BCUT2D eigenvalue weighted by Gasteiger charge is -2.39. The molecule has 15 heavy (non-hydrogen) atoms. The first kappa shape index (κ1) is 11.0. The highest BCUT2D eigenvalue weighted by Gasteiger charge is 2.37. The first-order valence-corrected chi connectivity index (χ1v) is 6.03. The highest BCUT2D eigenvalue weighted by Crippen LogP contribution is 2.46. The molecule has 1 nitrogen and oxygen atoms in total. The fourth-order valence-corrected chi connectivity index (χ4v) is 2.87. The third-order valence-corrected chi connectivity index (χ3v) is 3.83. The Bertz CT molecular complexity index is 350. The fourth-order valence-electron chi connectivity index (χ4n) is 2.44. The van der Waals surface area contributed by atoms with Gasteiger partial charge in [-0.2, -0.15) is 0 Å². The molecule has 0 saturated heterocycles. The molecule has 1 N–H and O–H groups in total. The number of aliphatic hydroxyl groups is 1. The summed E-state index contributed by atoms with van der Waals surface area (Å²) in [5.41, 5.74) is 2.34. The van der Waals surface area contributed by atoms with Crippen LogP contribution in [0.4, 0.5) is 0 Å². The molecule has 0 aliphatic heterocycles. The summed E-state index contributed by atoms with van der Waals surface area (Å²) in [5, 5.41) is 10.4. The van der Waals surface area contributed by atoms with E-state index in [1.165, 1.54) is 5.56 Å². The van der Waals surface area contributed by atoms with E-state index in [-0.39, 0.29) is 11.5 Å². The van der Waals surface area contributed by atoms with Gasteiger partial charge in [-0.3, -0.25) is 0 Å². The molecule has 0 bridgehead atoms. The smallest absolute Gasteiger partial charge is 0.0846 e. The van der Waals surface area contributed by atoms with Crippen LogP contribution in [0.2, 0.25) is 0 Å². The van der Waals surface area contributed by atoms with E-state index in [9.17, 15) is 5.11 Å². The van der Waals surface area contributed by atoms with E-state index in [0.717, 1.165) is 24.8 Å². The van der Waals surface area contributed by atoms with Gasteiger partial charge in [0, 0.05) is 5.88 Å². The standard InChI is InChI=1S/C13H17ClO/c1-13(8-9-14)7-6-10-4-2-3-5-11(10)12(13)15/h2-5,12,15H,6-9H2,1H3/t12-,13+/m0/s1. The second-order valence-corrected chi connectivity index (χ2v) is 5.07. The van der Waals surface area contributed by atoms with Crippen LogP contribution in [-0.4, -0.2) is 11.0 Å². The number of benzene rings is 1. The summed E-state index contributed by atoms with van der Waals surface area (Å²) in [6.45, 7) is 2.13. The van der Waals surface area contributed by atoms with Gasteiger partial charge in [-0.05, 0) is 35.8 Å². The number of aliphatic hydroxyl groups excluding tert-OH is 1. The van der Waals surface area contributed by atoms with E-state index in [4.69, 9.17) is 11.6 Å². The molecular weight excluding hydrogens is 208 g/mol. The van der Waals surface area contributed by atoms with Crippen molar-refractivity contribution in [3.05, 3.63) is 35.4 Å². The number of aryl methyl sites for hydroxylation is 1. The minimum atomic E-state index is -0.360. The largest absolute Gasteiger partial charge is 0.388 e. The Morgan fingerprint density at radius 1 is 1.47 bits per heavy atom. The lowest BCUT2D eigenvalue weighted by Crippen LogP contribution is -2.31. The zero-order valence-electron chi connectivity index (χ0n) is 9.04. The van der Waals surface area contributed by atoms with E-state index < -0.39 is 0 Å². The Hall–Kier alpha value is -0.530. The van der Waals surface area contributed by atoms with Crippen molar-refractivity contribution in [2.24, 2.45) is 5.41 Å². The summed E-state index contributed by atoms with van der Waals surface area (Å²) in [6.07, 6.45) is 2.60.